The number of phenols is 1. The maximum Gasteiger partial charge on any atom is 0.338 e. The van der Waals surface area contributed by atoms with Gasteiger partial charge in [0.25, 0.3) is 0 Å². The largest absolute Gasteiger partial charge is 0.508 e. The quantitative estimate of drug-likeness (QED) is 0.854. The monoisotopic (exact) mass is 256 g/mol. The molecule has 0 radical (unpaired) electrons. The van der Waals surface area contributed by atoms with E-state index in [0.717, 1.165) is 16.7 Å². The average molecular weight is 256 g/mol. The molecule has 0 bridgehead atoms. The maximum absolute atomic E-state index is 11.7. The highest BCUT2D eigenvalue weighted by Crippen LogP contribution is 2.24. The summed E-state index contributed by atoms with van der Waals surface area (Å²) in [5.41, 5.74) is 3.47. The zero-order chi connectivity index (χ0) is 13.8. The van der Waals surface area contributed by atoms with Crippen LogP contribution in [0.4, 0.5) is 0 Å². The first-order valence-corrected chi connectivity index (χ1v) is 6.19. The van der Waals surface area contributed by atoms with Gasteiger partial charge >= 0.3 is 5.97 Å². The van der Waals surface area contributed by atoms with E-state index in [1.165, 1.54) is 0 Å². The zero-order valence-corrected chi connectivity index (χ0v) is 11.0. The molecule has 0 saturated carbocycles. The van der Waals surface area contributed by atoms with Gasteiger partial charge in [0.1, 0.15) is 5.75 Å². The zero-order valence-electron chi connectivity index (χ0n) is 11.0. The van der Waals surface area contributed by atoms with E-state index < -0.39 is 0 Å². The van der Waals surface area contributed by atoms with Crippen molar-refractivity contribution < 1.29 is 14.6 Å². The van der Waals surface area contributed by atoms with Crippen molar-refractivity contribution in [1.82, 2.24) is 0 Å². The second-order valence-electron chi connectivity index (χ2n) is 4.30. The van der Waals surface area contributed by atoms with Crippen molar-refractivity contribution in [3.8, 4) is 16.9 Å². The minimum atomic E-state index is -0.294. The second-order valence-corrected chi connectivity index (χ2v) is 4.30. The summed E-state index contributed by atoms with van der Waals surface area (Å²) in [6.07, 6.45) is 0. The third-order valence-corrected chi connectivity index (χ3v) is 2.92. The first kappa shape index (κ1) is 13.1. The minimum absolute atomic E-state index is 0.239. The molecule has 2 rings (SSSR count). The molecular formula is C16H16O3. The Hall–Kier alpha value is -2.29. The number of carbonyl (C=O) groups is 1. The summed E-state index contributed by atoms with van der Waals surface area (Å²) in [4.78, 5) is 11.7. The van der Waals surface area contributed by atoms with E-state index in [-0.39, 0.29) is 11.7 Å². The van der Waals surface area contributed by atoms with Crippen molar-refractivity contribution in [3.05, 3.63) is 53.6 Å². The van der Waals surface area contributed by atoms with Gasteiger partial charge in [0.2, 0.25) is 0 Å². The van der Waals surface area contributed by atoms with Crippen molar-refractivity contribution in [1.29, 1.82) is 0 Å². The van der Waals surface area contributed by atoms with Gasteiger partial charge in [-0.15, -0.1) is 0 Å². The fourth-order valence-corrected chi connectivity index (χ4v) is 1.93. The topological polar surface area (TPSA) is 46.5 Å². The lowest BCUT2D eigenvalue weighted by atomic mass is 10.00. The Labute approximate surface area is 112 Å². The SMILES string of the molecule is CCOC(=O)c1ccc(-c2ccc(O)cc2)cc1C. The summed E-state index contributed by atoms with van der Waals surface area (Å²) in [5.74, 6) is -0.0547. The molecule has 0 aliphatic rings. The van der Waals surface area contributed by atoms with Crippen molar-refractivity contribution in [3.63, 3.8) is 0 Å². The van der Waals surface area contributed by atoms with E-state index in [1.54, 1.807) is 25.1 Å². The van der Waals surface area contributed by atoms with Crippen LogP contribution in [-0.4, -0.2) is 17.7 Å². The molecule has 3 nitrogen and oxygen atoms in total. The third-order valence-electron chi connectivity index (χ3n) is 2.92. The standard InChI is InChI=1S/C16H16O3/c1-3-19-16(18)15-9-6-13(10-11(15)2)12-4-7-14(17)8-5-12/h4-10,17H,3H2,1-2H3. The van der Waals surface area contributed by atoms with E-state index in [2.05, 4.69) is 0 Å². The molecule has 0 aromatic heterocycles. The van der Waals surface area contributed by atoms with Gasteiger partial charge < -0.3 is 9.84 Å². The average Bonchev–Trinajstić information content (AvgIpc) is 2.39. The number of hydrogen-bond acceptors (Lipinski definition) is 3. The fraction of sp³-hybridized carbons (Fsp3) is 0.188. The Morgan fingerprint density at radius 3 is 2.32 bits per heavy atom. The number of aromatic hydroxyl groups is 1. The molecule has 2 aromatic rings. The predicted octanol–water partition coefficient (Wildman–Crippen LogP) is 3.54. The van der Waals surface area contributed by atoms with Crippen LogP contribution in [0.25, 0.3) is 11.1 Å². The highest BCUT2D eigenvalue weighted by Gasteiger charge is 2.10. The Balaban J connectivity index is 2.33. The molecule has 1 N–H and O–H groups in total. The van der Waals surface area contributed by atoms with E-state index in [4.69, 9.17) is 4.74 Å². The third kappa shape index (κ3) is 2.94. The number of ether oxygens (including phenoxy) is 1. The highest BCUT2D eigenvalue weighted by molar-refractivity contribution is 5.91. The number of hydrogen-bond donors (Lipinski definition) is 1. The van der Waals surface area contributed by atoms with Crippen LogP contribution in [-0.2, 0) is 4.74 Å². The molecule has 19 heavy (non-hydrogen) atoms. The number of benzene rings is 2. The highest BCUT2D eigenvalue weighted by atomic mass is 16.5. The van der Waals surface area contributed by atoms with E-state index >= 15 is 0 Å². The van der Waals surface area contributed by atoms with E-state index in [9.17, 15) is 9.90 Å². The molecule has 3 heteroatoms. The number of esters is 1. The van der Waals surface area contributed by atoms with Crippen molar-refractivity contribution in [2.75, 3.05) is 6.61 Å². The molecule has 2 aromatic carbocycles. The van der Waals surface area contributed by atoms with Crippen LogP contribution in [0.2, 0.25) is 0 Å². The summed E-state index contributed by atoms with van der Waals surface area (Å²) in [6.45, 7) is 4.05. The van der Waals surface area contributed by atoms with Gasteiger partial charge in [0, 0.05) is 0 Å². The van der Waals surface area contributed by atoms with Gasteiger partial charge in [-0.3, -0.25) is 0 Å². The Bertz CT molecular complexity index is 585. The predicted molar refractivity (Wildman–Crippen MR) is 74.2 cm³/mol. The number of phenolic OH excluding ortho intramolecular Hbond substituents is 1. The Kier molecular flexibility index (Phi) is 3.85. The summed E-state index contributed by atoms with van der Waals surface area (Å²) in [7, 11) is 0. The molecule has 0 saturated heterocycles. The molecule has 0 atom stereocenters. The molecule has 0 unspecified atom stereocenters. The fourth-order valence-electron chi connectivity index (χ4n) is 1.93. The molecule has 0 heterocycles. The summed E-state index contributed by atoms with van der Waals surface area (Å²) < 4.78 is 5.00. The maximum atomic E-state index is 11.7. The van der Waals surface area contributed by atoms with Crippen LogP contribution in [0.15, 0.2) is 42.5 Å². The molecular weight excluding hydrogens is 240 g/mol. The van der Waals surface area contributed by atoms with Gasteiger partial charge in [-0.05, 0) is 48.7 Å². The second kappa shape index (κ2) is 5.57. The Morgan fingerprint density at radius 1 is 1.11 bits per heavy atom. The van der Waals surface area contributed by atoms with Crippen LogP contribution in [0.3, 0.4) is 0 Å². The number of carbonyl (C=O) groups excluding carboxylic acids is 1. The minimum Gasteiger partial charge on any atom is -0.508 e. The lowest BCUT2D eigenvalue weighted by molar-refractivity contribution is 0.0525. The van der Waals surface area contributed by atoms with Gasteiger partial charge in [-0.25, -0.2) is 4.79 Å². The Morgan fingerprint density at radius 2 is 1.74 bits per heavy atom. The normalized spacial score (nSPS) is 10.2. The van der Waals surface area contributed by atoms with Gasteiger partial charge in [0.05, 0.1) is 12.2 Å². The number of rotatable bonds is 3. The molecule has 0 aliphatic carbocycles. The van der Waals surface area contributed by atoms with Crippen molar-refractivity contribution in [2.45, 2.75) is 13.8 Å². The van der Waals surface area contributed by atoms with Crippen LogP contribution in [0.1, 0.15) is 22.8 Å². The molecule has 0 spiro atoms. The number of aryl methyl sites for hydroxylation is 1. The molecule has 98 valence electrons. The van der Waals surface area contributed by atoms with Gasteiger partial charge in [0.15, 0.2) is 0 Å². The van der Waals surface area contributed by atoms with Crippen LogP contribution in [0.5, 0.6) is 5.75 Å². The lowest BCUT2D eigenvalue weighted by Crippen LogP contribution is -2.06. The van der Waals surface area contributed by atoms with Gasteiger partial charge in [-0.1, -0.05) is 24.3 Å². The summed E-state index contributed by atoms with van der Waals surface area (Å²) >= 11 is 0. The smallest absolute Gasteiger partial charge is 0.338 e. The van der Waals surface area contributed by atoms with Gasteiger partial charge in [-0.2, -0.15) is 0 Å². The van der Waals surface area contributed by atoms with Crippen LogP contribution in [0, 0.1) is 6.92 Å². The molecule has 0 amide bonds. The molecule has 0 fully saturated rings. The van der Waals surface area contributed by atoms with Crippen LogP contribution < -0.4 is 0 Å². The van der Waals surface area contributed by atoms with E-state index in [1.807, 2.05) is 31.2 Å². The first-order chi connectivity index (χ1) is 9.11. The molecule has 0 aliphatic heterocycles. The first-order valence-electron chi connectivity index (χ1n) is 6.19. The summed E-state index contributed by atoms with van der Waals surface area (Å²) in [5, 5.41) is 9.27. The van der Waals surface area contributed by atoms with Crippen LogP contribution >= 0.6 is 0 Å². The van der Waals surface area contributed by atoms with E-state index in [0.29, 0.717) is 12.2 Å². The van der Waals surface area contributed by atoms with Crippen molar-refractivity contribution >= 4 is 5.97 Å². The summed E-state index contributed by atoms with van der Waals surface area (Å²) in [6, 6.07) is 12.6. The van der Waals surface area contributed by atoms with Crippen molar-refractivity contribution in [2.24, 2.45) is 0 Å². The lowest BCUT2D eigenvalue weighted by Gasteiger charge is -2.08.